The Morgan fingerprint density at radius 2 is 1.94 bits per heavy atom. The van der Waals surface area contributed by atoms with Crippen LogP contribution in [-0.2, 0) is 4.74 Å². The number of halogens is 1. The number of ether oxygens (including phenoxy) is 1. The second-order valence-electron chi connectivity index (χ2n) is 8.67. The number of nitrogens with zero attached hydrogens (tertiary/aromatic N) is 5. The Labute approximate surface area is 192 Å². The molecular weight excluding hydrogens is 412 g/mol. The largest absolute Gasteiger partial charge is 0.379 e. The highest BCUT2D eigenvalue weighted by atomic mass is 35.5. The van der Waals surface area contributed by atoms with E-state index in [1.165, 1.54) is 12.1 Å². The Morgan fingerprint density at radius 3 is 2.68 bits per heavy atom. The maximum Gasteiger partial charge on any atom is 0.193 e. The lowest BCUT2D eigenvalue weighted by molar-refractivity contribution is 0.0195. The monoisotopic (exact) mass is 448 g/mol. The van der Waals surface area contributed by atoms with E-state index in [2.05, 4.69) is 42.0 Å². The quantitative estimate of drug-likeness (QED) is 0.407. The lowest BCUT2D eigenvalue weighted by Crippen LogP contribution is -2.48. The van der Waals surface area contributed by atoms with E-state index >= 15 is 0 Å². The maximum atomic E-state index is 6.14. The van der Waals surface area contributed by atoms with Crippen LogP contribution in [0.2, 0.25) is 5.02 Å². The number of guanidine groups is 1. The van der Waals surface area contributed by atoms with Crippen molar-refractivity contribution in [3.05, 3.63) is 29.3 Å². The minimum absolute atomic E-state index is 0.637. The number of morpholine rings is 1. The molecule has 1 unspecified atom stereocenters. The molecule has 0 radical (unpaired) electrons. The number of hydrogen-bond donors (Lipinski definition) is 1. The van der Waals surface area contributed by atoms with E-state index in [0.29, 0.717) is 6.04 Å². The van der Waals surface area contributed by atoms with E-state index in [9.17, 15) is 0 Å². The molecule has 7 nitrogen and oxygen atoms in total. The van der Waals surface area contributed by atoms with Crippen LogP contribution in [0.25, 0.3) is 0 Å². The number of rotatable bonds is 6. The maximum absolute atomic E-state index is 6.14. The van der Waals surface area contributed by atoms with Crippen molar-refractivity contribution in [1.29, 1.82) is 0 Å². The molecule has 0 bridgehead atoms. The van der Waals surface area contributed by atoms with Crippen molar-refractivity contribution < 1.29 is 4.74 Å². The van der Waals surface area contributed by atoms with Gasteiger partial charge in [0.25, 0.3) is 0 Å². The van der Waals surface area contributed by atoms with E-state index in [-0.39, 0.29) is 0 Å². The summed E-state index contributed by atoms with van der Waals surface area (Å²) < 4.78 is 5.50. The van der Waals surface area contributed by atoms with Crippen molar-refractivity contribution >= 4 is 23.2 Å². The van der Waals surface area contributed by atoms with Crippen LogP contribution in [0.1, 0.15) is 12.8 Å². The first-order valence-electron chi connectivity index (χ1n) is 11.7. The predicted molar refractivity (Wildman–Crippen MR) is 128 cm³/mol. The van der Waals surface area contributed by atoms with E-state index < -0.39 is 0 Å². The van der Waals surface area contributed by atoms with Gasteiger partial charge in [-0.1, -0.05) is 17.7 Å². The van der Waals surface area contributed by atoms with Crippen LogP contribution >= 0.6 is 11.6 Å². The molecule has 0 saturated carbocycles. The summed E-state index contributed by atoms with van der Waals surface area (Å²) in [6.07, 6.45) is 2.36. The molecule has 3 fully saturated rings. The molecule has 31 heavy (non-hydrogen) atoms. The SMILES string of the molecule is CN=C(NCCCN1CCN(c2cccc(Cl)c2)CC1)N1CCC(N2CCOCC2)C1. The standard InChI is InChI=1S/C23H37ClN6O/c1-25-23(30-9-6-22(19-30)29-14-16-31-17-15-29)26-7-3-8-27-10-12-28(13-11-27)21-5-2-4-20(24)18-21/h2,4-5,18,22H,3,6-17,19H2,1H3,(H,25,26). The van der Waals surface area contributed by atoms with Gasteiger partial charge in [0.05, 0.1) is 13.2 Å². The second-order valence-corrected chi connectivity index (χ2v) is 9.11. The van der Waals surface area contributed by atoms with Gasteiger partial charge in [-0.25, -0.2) is 0 Å². The Morgan fingerprint density at radius 1 is 1.13 bits per heavy atom. The highest BCUT2D eigenvalue weighted by molar-refractivity contribution is 6.30. The molecule has 8 heteroatoms. The normalized spacial score (nSPS) is 24.1. The lowest BCUT2D eigenvalue weighted by atomic mass is 10.2. The molecule has 1 N–H and O–H groups in total. The van der Waals surface area contributed by atoms with Gasteiger partial charge in [-0.3, -0.25) is 14.8 Å². The number of anilines is 1. The molecule has 3 aliphatic rings. The number of piperazine rings is 1. The first-order valence-corrected chi connectivity index (χ1v) is 12.1. The van der Waals surface area contributed by atoms with Crippen LogP contribution in [0, 0.1) is 0 Å². The molecule has 3 saturated heterocycles. The third-order valence-corrected chi connectivity index (χ3v) is 6.95. The van der Waals surface area contributed by atoms with Crippen molar-refractivity contribution in [1.82, 2.24) is 20.0 Å². The van der Waals surface area contributed by atoms with Crippen LogP contribution in [0.3, 0.4) is 0 Å². The molecule has 0 spiro atoms. The van der Waals surface area contributed by atoms with Crippen molar-refractivity contribution in [2.75, 3.05) is 90.6 Å². The summed E-state index contributed by atoms with van der Waals surface area (Å²) in [4.78, 5) is 14.5. The van der Waals surface area contributed by atoms with Crippen molar-refractivity contribution in [3.8, 4) is 0 Å². The average molecular weight is 449 g/mol. The second kappa shape index (κ2) is 11.4. The average Bonchev–Trinajstić information content (AvgIpc) is 3.30. The van der Waals surface area contributed by atoms with Gasteiger partial charge in [-0.05, 0) is 37.6 Å². The highest BCUT2D eigenvalue weighted by Gasteiger charge is 2.30. The molecule has 3 heterocycles. The fraction of sp³-hybridized carbons (Fsp3) is 0.696. The molecule has 0 aromatic heterocycles. The van der Waals surface area contributed by atoms with Crippen LogP contribution in [-0.4, -0.2) is 112 Å². The Kier molecular flexibility index (Phi) is 8.30. The number of benzene rings is 1. The van der Waals surface area contributed by atoms with Gasteiger partial charge < -0.3 is 19.9 Å². The molecule has 1 aromatic carbocycles. The van der Waals surface area contributed by atoms with Gasteiger partial charge in [0.15, 0.2) is 5.96 Å². The van der Waals surface area contributed by atoms with Crippen LogP contribution in [0.15, 0.2) is 29.3 Å². The van der Waals surface area contributed by atoms with E-state index in [1.54, 1.807) is 0 Å². The summed E-state index contributed by atoms with van der Waals surface area (Å²) in [5, 5.41) is 4.41. The topological polar surface area (TPSA) is 46.6 Å². The molecule has 4 rings (SSSR count). The molecule has 0 aliphatic carbocycles. The van der Waals surface area contributed by atoms with E-state index in [1.807, 2.05) is 19.2 Å². The first-order chi connectivity index (χ1) is 15.2. The van der Waals surface area contributed by atoms with Crippen molar-refractivity contribution in [2.24, 2.45) is 4.99 Å². The van der Waals surface area contributed by atoms with Crippen molar-refractivity contribution in [3.63, 3.8) is 0 Å². The molecule has 172 valence electrons. The summed E-state index contributed by atoms with van der Waals surface area (Å²) >= 11 is 6.14. The molecule has 3 aliphatic heterocycles. The summed E-state index contributed by atoms with van der Waals surface area (Å²) in [6.45, 7) is 12.5. The summed E-state index contributed by atoms with van der Waals surface area (Å²) in [6, 6.07) is 8.82. The number of aliphatic imine (C=N–C) groups is 1. The Hall–Kier alpha value is -1.54. The molecule has 1 aromatic rings. The van der Waals surface area contributed by atoms with Gasteiger partial charge in [-0.15, -0.1) is 0 Å². The van der Waals surface area contributed by atoms with Crippen molar-refractivity contribution in [2.45, 2.75) is 18.9 Å². The summed E-state index contributed by atoms with van der Waals surface area (Å²) in [5.41, 5.74) is 1.23. The minimum Gasteiger partial charge on any atom is -0.379 e. The van der Waals surface area contributed by atoms with Crippen LogP contribution in [0.4, 0.5) is 5.69 Å². The fourth-order valence-corrected chi connectivity index (χ4v) is 5.10. The summed E-state index contributed by atoms with van der Waals surface area (Å²) in [5.74, 6) is 1.06. The Bertz CT molecular complexity index is 718. The molecular formula is C23H37ClN6O. The molecule has 1 atom stereocenters. The number of hydrogen-bond acceptors (Lipinski definition) is 5. The van der Waals surface area contributed by atoms with E-state index in [0.717, 1.165) is 96.1 Å². The van der Waals surface area contributed by atoms with Gasteiger partial charge in [0.1, 0.15) is 0 Å². The third-order valence-electron chi connectivity index (χ3n) is 6.72. The van der Waals surface area contributed by atoms with Gasteiger partial charge >= 0.3 is 0 Å². The van der Waals surface area contributed by atoms with Gasteiger partial charge in [0, 0.05) is 82.7 Å². The van der Waals surface area contributed by atoms with Crippen LogP contribution in [0.5, 0.6) is 0 Å². The Balaban J connectivity index is 1.13. The zero-order chi connectivity index (χ0) is 21.5. The smallest absolute Gasteiger partial charge is 0.193 e. The number of nitrogens with one attached hydrogen (secondary N) is 1. The minimum atomic E-state index is 0.637. The lowest BCUT2D eigenvalue weighted by Gasteiger charge is -2.36. The number of likely N-dealkylation sites (tertiary alicyclic amines) is 1. The fourth-order valence-electron chi connectivity index (χ4n) is 4.91. The first kappa shape index (κ1) is 22.6. The van der Waals surface area contributed by atoms with E-state index in [4.69, 9.17) is 16.3 Å². The third kappa shape index (κ3) is 6.25. The zero-order valence-corrected chi connectivity index (χ0v) is 19.6. The zero-order valence-electron chi connectivity index (χ0n) is 18.8. The van der Waals surface area contributed by atoms with Crippen LogP contribution < -0.4 is 10.2 Å². The van der Waals surface area contributed by atoms with Gasteiger partial charge in [0.2, 0.25) is 0 Å². The highest BCUT2D eigenvalue weighted by Crippen LogP contribution is 2.21. The predicted octanol–water partition coefficient (Wildman–Crippen LogP) is 1.83. The molecule has 0 amide bonds. The van der Waals surface area contributed by atoms with Gasteiger partial charge in [-0.2, -0.15) is 0 Å². The summed E-state index contributed by atoms with van der Waals surface area (Å²) in [7, 11) is 1.90.